The first-order chi connectivity index (χ1) is 4.70. The van der Waals surface area contributed by atoms with Gasteiger partial charge in [0, 0.05) is 0 Å². The van der Waals surface area contributed by atoms with Crippen LogP contribution in [0.3, 0.4) is 0 Å². The lowest BCUT2D eigenvalue weighted by atomic mass is 10.1. The van der Waals surface area contributed by atoms with E-state index < -0.39 is 0 Å². The van der Waals surface area contributed by atoms with E-state index in [0.717, 1.165) is 25.0 Å². The molecule has 0 aromatic heterocycles. The summed E-state index contributed by atoms with van der Waals surface area (Å²) in [5.41, 5.74) is 1.12. The van der Waals surface area contributed by atoms with Crippen molar-refractivity contribution in [2.24, 2.45) is 0 Å². The Morgan fingerprint density at radius 3 is 2.90 bits per heavy atom. The Balaban J connectivity index is 2.05. The van der Waals surface area contributed by atoms with E-state index in [1.165, 1.54) is 0 Å². The zero-order valence-electron chi connectivity index (χ0n) is 6.34. The van der Waals surface area contributed by atoms with Crippen LogP contribution >= 0.6 is 0 Å². The fourth-order valence-electron chi connectivity index (χ4n) is 0.858. The zero-order chi connectivity index (χ0) is 7.56. The van der Waals surface area contributed by atoms with Gasteiger partial charge in [0.1, 0.15) is 6.10 Å². The number of aliphatic hydroxyl groups excluding tert-OH is 1. The van der Waals surface area contributed by atoms with Crippen LogP contribution in [0.2, 0.25) is 0 Å². The van der Waals surface area contributed by atoms with Gasteiger partial charge in [-0.05, 0) is 19.8 Å². The first-order valence-electron chi connectivity index (χ1n) is 3.64. The minimum atomic E-state index is -0.267. The molecule has 2 heteroatoms. The molecular formula is C8H14O2. The maximum atomic E-state index is 9.27. The molecule has 1 aliphatic rings. The topological polar surface area (TPSA) is 32.8 Å². The predicted molar refractivity (Wildman–Crippen MR) is 39.8 cm³/mol. The van der Waals surface area contributed by atoms with Crippen LogP contribution in [0.1, 0.15) is 19.8 Å². The maximum absolute atomic E-state index is 9.27. The van der Waals surface area contributed by atoms with Crippen molar-refractivity contribution in [1.82, 2.24) is 0 Å². The van der Waals surface area contributed by atoms with E-state index in [4.69, 9.17) is 4.74 Å². The SMILES string of the molecule is C=C(C)CCC(O)C1CO1. The minimum Gasteiger partial charge on any atom is -0.390 e. The van der Waals surface area contributed by atoms with Gasteiger partial charge < -0.3 is 9.84 Å². The number of hydrogen-bond acceptors (Lipinski definition) is 2. The molecule has 0 aromatic rings. The summed E-state index contributed by atoms with van der Waals surface area (Å²) >= 11 is 0. The Hall–Kier alpha value is -0.340. The molecule has 0 aliphatic carbocycles. The molecule has 1 aliphatic heterocycles. The maximum Gasteiger partial charge on any atom is 0.107 e. The lowest BCUT2D eigenvalue weighted by Crippen LogP contribution is -2.13. The number of aliphatic hydroxyl groups is 1. The Bertz CT molecular complexity index is 127. The Morgan fingerprint density at radius 1 is 1.90 bits per heavy atom. The molecular weight excluding hydrogens is 128 g/mol. The van der Waals surface area contributed by atoms with Crippen LogP contribution in [-0.2, 0) is 4.74 Å². The van der Waals surface area contributed by atoms with Gasteiger partial charge in [-0.1, -0.05) is 5.57 Å². The van der Waals surface area contributed by atoms with E-state index in [2.05, 4.69) is 6.58 Å². The third-order valence-electron chi connectivity index (χ3n) is 1.66. The average Bonchev–Trinajstić information content (AvgIpc) is 2.63. The highest BCUT2D eigenvalue weighted by molar-refractivity contribution is 4.90. The highest BCUT2D eigenvalue weighted by Crippen LogP contribution is 2.18. The second kappa shape index (κ2) is 3.17. The number of epoxide rings is 1. The summed E-state index contributed by atoms with van der Waals surface area (Å²) in [6, 6.07) is 0. The molecule has 1 saturated heterocycles. The van der Waals surface area contributed by atoms with Gasteiger partial charge in [-0.2, -0.15) is 0 Å². The van der Waals surface area contributed by atoms with Crippen LogP contribution in [-0.4, -0.2) is 23.9 Å². The minimum absolute atomic E-state index is 0.124. The zero-order valence-corrected chi connectivity index (χ0v) is 6.34. The highest BCUT2D eigenvalue weighted by atomic mass is 16.6. The molecule has 0 radical (unpaired) electrons. The van der Waals surface area contributed by atoms with E-state index in [1.54, 1.807) is 0 Å². The van der Waals surface area contributed by atoms with Gasteiger partial charge in [0.05, 0.1) is 12.7 Å². The normalized spacial score (nSPS) is 26.0. The summed E-state index contributed by atoms with van der Waals surface area (Å²) in [4.78, 5) is 0. The smallest absolute Gasteiger partial charge is 0.107 e. The molecule has 1 N–H and O–H groups in total. The Kier molecular flexibility index (Phi) is 2.46. The third kappa shape index (κ3) is 2.50. The largest absolute Gasteiger partial charge is 0.390 e. The molecule has 0 spiro atoms. The first-order valence-corrected chi connectivity index (χ1v) is 3.64. The second-order valence-corrected chi connectivity index (χ2v) is 2.93. The Labute approximate surface area is 61.5 Å². The molecule has 10 heavy (non-hydrogen) atoms. The quantitative estimate of drug-likeness (QED) is 0.471. The predicted octanol–water partition coefficient (Wildman–Crippen LogP) is 1.10. The van der Waals surface area contributed by atoms with Crippen molar-refractivity contribution < 1.29 is 9.84 Å². The van der Waals surface area contributed by atoms with Gasteiger partial charge in [0.25, 0.3) is 0 Å². The average molecular weight is 142 g/mol. The summed E-state index contributed by atoms with van der Waals surface area (Å²) in [5.74, 6) is 0. The van der Waals surface area contributed by atoms with Gasteiger partial charge in [0.2, 0.25) is 0 Å². The van der Waals surface area contributed by atoms with Crippen molar-refractivity contribution in [1.29, 1.82) is 0 Å². The first kappa shape index (κ1) is 7.76. The molecule has 1 heterocycles. The van der Waals surface area contributed by atoms with E-state index in [0.29, 0.717) is 0 Å². The number of allylic oxidation sites excluding steroid dienone is 1. The van der Waals surface area contributed by atoms with Gasteiger partial charge in [-0.3, -0.25) is 0 Å². The molecule has 1 fully saturated rings. The fourth-order valence-corrected chi connectivity index (χ4v) is 0.858. The molecule has 0 amide bonds. The standard InChI is InChI=1S/C8H14O2/c1-6(2)3-4-7(9)8-5-10-8/h7-9H,1,3-5H2,2H3. The molecule has 0 saturated carbocycles. The van der Waals surface area contributed by atoms with E-state index in [1.807, 2.05) is 6.92 Å². The molecule has 2 nitrogen and oxygen atoms in total. The highest BCUT2D eigenvalue weighted by Gasteiger charge is 2.30. The molecule has 0 bridgehead atoms. The lowest BCUT2D eigenvalue weighted by molar-refractivity contribution is 0.127. The van der Waals surface area contributed by atoms with Crippen molar-refractivity contribution in [3.05, 3.63) is 12.2 Å². The van der Waals surface area contributed by atoms with Crippen LogP contribution in [0.4, 0.5) is 0 Å². The summed E-state index contributed by atoms with van der Waals surface area (Å²) in [5, 5.41) is 9.27. The summed E-state index contributed by atoms with van der Waals surface area (Å²) in [7, 11) is 0. The fraction of sp³-hybridized carbons (Fsp3) is 0.750. The molecule has 1 rings (SSSR count). The van der Waals surface area contributed by atoms with E-state index in [-0.39, 0.29) is 12.2 Å². The summed E-state index contributed by atoms with van der Waals surface area (Å²) in [6.45, 7) is 6.46. The summed E-state index contributed by atoms with van der Waals surface area (Å²) < 4.78 is 4.92. The molecule has 2 unspecified atom stereocenters. The van der Waals surface area contributed by atoms with E-state index >= 15 is 0 Å². The number of ether oxygens (including phenoxy) is 1. The van der Waals surface area contributed by atoms with Crippen molar-refractivity contribution in [2.75, 3.05) is 6.61 Å². The lowest BCUT2D eigenvalue weighted by Gasteiger charge is -2.05. The van der Waals surface area contributed by atoms with Crippen molar-refractivity contribution >= 4 is 0 Å². The second-order valence-electron chi connectivity index (χ2n) is 2.93. The molecule has 0 aromatic carbocycles. The number of hydrogen-bond donors (Lipinski definition) is 1. The van der Waals surface area contributed by atoms with Crippen LogP contribution in [0.25, 0.3) is 0 Å². The monoisotopic (exact) mass is 142 g/mol. The van der Waals surface area contributed by atoms with Crippen LogP contribution in [0.5, 0.6) is 0 Å². The van der Waals surface area contributed by atoms with Gasteiger partial charge in [0.15, 0.2) is 0 Å². The van der Waals surface area contributed by atoms with Gasteiger partial charge >= 0.3 is 0 Å². The summed E-state index contributed by atoms with van der Waals surface area (Å²) in [6.07, 6.45) is 1.55. The van der Waals surface area contributed by atoms with Crippen molar-refractivity contribution in [3.63, 3.8) is 0 Å². The van der Waals surface area contributed by atoms with Gasteiger partial charge in [-0.25, -0.2) is 0 Å². The van der Waals surface area contributed by atoms with Crippen LogP contribution in [0.15, 0.2) is 12.2 Å². The Morgan fingerprint density at radius 2 is 2.50 bits per heavy atom. The van der Waals surface area contributed by atoms with Gasteiger partial charge in [-0.15, -0.1) is 6.58 Å². The molecule has 58 valence electrons. The van der Waals surface area contributed by atoms with Crippen LogP contribution in [0, 0.1) is 0 Å². The van der Waals surface area contributed by atoms with Crippen molar-refractivity contribution in [2.45, 2.75) is 32.0 Å². The third-order valence-corrected chi connectivity index (χ3v) is 1.66. The number of rotatable bonds is 4. The molecule has 2 atom stereocenters. The van der Waals surface area contributed by atoms with E-state index in [9.17, 15) is 5.11 Å². The van der Waals surface area contributed by atoms with Crippen LogP contribution < -0.4 is 0 Å². The van der Waals surface area contributed by atoms with Crippen molar-refractivity contribution in [3.8, 4) is 0 Å².